The van der Waals surface area contributed by atoms with E-state index in [-0.39, 0.29) is 6.61 Å². The van der Waals surface area contributed by atoms with Crippen LogP contribution in [0.4, 0.5) is 5.95 Å². The maximum atomic E-state index is 8.93. The van der Waals surface area contributed by atoms with Gasteiger partial charge in [0.15, 0.2) is 5.65 Å². The lowest BCUT2D eigenvalue weighted by molar-refractivity contribution is 0.229. The highest BCUT2D eigenvalue weighted by Gasteiger charge is 2.05. The van der Waals surface area contributed by atoms with Gasteiger partial charge in [0.25, 0.3) is 0 Å². The van der Waals surface area contributed by atoms with Crippen LogP contribution in [0.2, 0.25) is 0 Å². The Labute approximate surface area is 107 Å². The number of pyridine rings is 1. The van der Waals surface area contributed by atoms with Crippen LogP contribution in [0, 0.1) is 12.8 Å². The smallest absolute Gasteiger partial charge is 0.243 e. The summed E-state index contributed by atoms with van der Waals surface area (Å²) < 4.78 is 1.79. The third-order valence-corrected chi connectivity index (χ3v) is 3.03. The number of fused-ring (bicyclic) bond motifs is 1. The zero-order valence-electron chi connectivity index (χ0n) is 10.9. The Morgan fingerprint density at radius 3 is 3.06 bits per heavy atom. The van der Waals surface area contributed by atoms with Crippen LogP contribution in [0.25, 0.3) is 5.65 Å². The molecule has 18 heavy (non-hydrogen) atoms. The summed E-state index contributed by atoms with van der Waals surface area (Å²) in [5.74, 6) is 1.03. The standard InChI is InChI=1S/C13H20N4O/c1-10(9-18)5-3-7-14-13-15-12-11(2)6-4-8-17(12)16-13/h4,6,8,10,18H,3,5,7,9H2,1-2H3,(H,14,16). The van der Waals surface area contributed by atoms with E-state index in [1.165, 1.54) is 0 Å². The molecule has 2 aromatic heterocycles. The summed E-state index contributed by atoms with van der Waals surface area (Å²) in [6.07, 6.45) is 3.92. The van der Waals surface area contributed by atoms with Crippen molar-refractivity contribution in [3.05, 3.63) is 23.9 Å². The molecule has 2 aromatic rings. The van der Waals surface area contributed by atoms with Crippen molar-refractivity contribution in [2.75, 3.05) is 18.5 Å². The summed E-state index contributed by atoms with van der Waals surface area (Å²) in [6, 6.07) is 3.99. The van der Waals surface area contributed by atoms with Crippen molar-refractivity contribution in [3.8, 4) is 0 Å². The Kier molecular flexibility index (Phi) is 4.15. The summed E-state index contributed by atoms with van der Waals surface area (Å²) >= 11 is 0. The number of aliphatic hydroxyl groups is 1. The first-order chi connectivity index (χ1) is 8.70. The Balaban J connectivity index is 1.90. The van der Waals surface area contributed by atoms with E-state index in [0.29, 0.717) is 11.9 Å². The first-order valence-corrected chi connectivity index (χ1v) is 6.37. The molecular weight excluding hydrogens is 228 g/mol. The lowest BCUT2D eigenvalue weighted by atomic mass is 10.1. The molecule has 1 atom stereocenters. The average molecular weight is 248 g/mol. The molecule has 0 bridgehead atoms. The van der Waals surface area contributed by atoms with Crippen molar-refractivity contribution < 1.29 is 5.11 Å². The molecule has 0 saturated carbocycles. The van der Waals surface area contributed by atoms with Gasteiger partial charge in [0, 0.05) is 19.3 Å². The maximum absolute atomic E-state index is 8.93. The van der Waals surface area contributed by atoms with E-state index in [2.05, 4.69) is 15.4 Å². The summed E-state index contributed by atoms with van der Waals surface area (Å²) in [5, 5.41) is 16.5. The van der Waals surface area contributed by atoms with E-state index in [4.69, 9.17) is 5.11 Å². The van der Waals surface area contributed by atoms with E-state index in [1.807, 2.05) is 32.2 Å². The van der Waals surface area contributed by atoms with Crippen LogP contribution in [0.15, 0.2) is 18.3 Å². The number of aryl methyl sites for hydroxylation is 1. The zero-order chi connectivity index (χ0) is 13.0. The number of nitrogens with one attached hydrogen (secondary N) is 1. The average Bonchev–Trinajstić information content (AvgIpc) is 2.79. The van der Waals surface area contributed by atoms with Gasteiger partial charge in [-0.15, -0.1) is 5.10 Å². The van der Waals surface area contributed by atoms with Crippen molar-refractivity contribution >= 4 is 11.6 Å². The van der Waals surface area contributed by atoms with Crippen LogP contribution in [0.5, 0.6) is 0 Å². The van der Waals surface area contributed by atoms with Crippen LogP contribution < -0.4 is 5.32 Å². The number of rotatable bonds is 6. The SMILES string of the molecule is Cc1cccn2nc(NCCCC(C)CO)nc12. The molecule has 2 N–H and O–H groups in total. The monoisotopic (exact) mass is 248 g/mol. The molecule has 0 aromatic carbocycles. The number of aromatic nitrogens is 3. The highest BCUT2D eigenvalue weighted by molar-refractivity contribution is 5.49. The van der Waals surface area contributed by atoms with Gasteiger partial charge in [0.05, 0.1) is 0 Å². The first-order valence-electron chi connectivity index (χ1n) is 6.37. The third kappa shape index (κ3) is 2.98. The van der Waals surface area contributed by atoms with E-state index < -0.39 is 0 Å². The summed E-state index contributed by atoms with van der Waals surface area (Å²) in [6.45, 7) is 5.16. The Bertz CT molecular complexity index is 509. The Morgan fingerprint density at radius 1 is 1.50 bits per heavy atom. The zero-order valence-corrected chi connectivity index (χ0v) is 10.9. The molecule has 0 spiro atoms. The van der Waals surface area contributed by atoms with Crippen molar-refractivity contribution in [2.24, 2.45) is 5.92 Å². The molecule has 2 rings (SSSR count). The van der Waals surface area contributed by atoms with Gasteiger partial charge in [-0.25, -0.2) is 4.52 Å². The summed E-state index contributed by atoms with van der Waals surface area (Å²) in [5.41, 5.74) is 2.01. The molecule has 0 radical (unpaired) electrons. The summed E-state index contributed by atoms with van der Waals surface area (Å²) in [7, 11) is 0. The topological polar surface area (TPSA) is 62.5 Å². The van der Waals surface area contributed by atoms with Crippen molar-refractivity contribution in [1.29, 1.82) is 0 Å². The van der Waals surface area contributed by atoms with Gasteiger partial charge in [-0.3, -0.25) is 0 Å². The Hall–Kier alpha value is -1.62. The first kappa shape index (κ1) is 12.8. The fraction of sp³-hybridized carbons (Fsp3) is 0.538. The number of hydrogen-bond donors (Lipinski definition) is 2. The normalized spacial score (nSPS) is 12.8. The van der Waals surface area contributed by atoms with E-state index in [9.17, 15) is 0 Å². The van der Waals surface area contributed by atoms with Gasteiger partial charge in [-0.05, 0) is 37.3 Å². The minimum atomic E-state index is 0.256. The molecule has 0 fully saturated rings. The largest absolute Gasteiger partial charge is 0.396 e. The molecule has 0 aliphatic rings. The highest BCUT2D eigenvalue weighted by Crippen LogP contribution is 2.10. The van der Waals surface area contributed by atoms with Crippen molar-refractivity contribution in [2.45, 2.75) is 26.7 Å². The van der Waals surface area contributed by atoms with Crippen LogP contribution in [-0.4, -0.2) is 32.9 Å². The molecule has 0 aliphatic carbocycles. The lowest BCUT2D eigenvalue weighted by Gasteiger charge is -2.06. The molecule has 0 saturated heterocycles. The van der Waals surface area contributed by atoms with Crippen LogP contribution >= 0.6 is 0 Å². The second kappa shape index (κ2) is 5.82. The van der Waals surface area contributed by atoms with Crippen molar-refractivity contribution in [1.82, 2.24) is 14.6 Å². The molecule has 1 unspecified atom stereocenters. The van der Waals surface area contributed by atoms with E-state index in [0.717, 1.165) is 30.6 Å². The number of aliphatic hydroxyl groups excluding tert-OH is 1. The Morgan fingerprint density at radius 2 is 2.33 bits per heavy atom. The second-order valence-corrected chi connectivity index (χ2v) is 4.75. The van der Waals surface area contributed by atoms with Crippen LogP contribution in [-0.2, 0) is 0 Å². The number of hydrogen-bond acceptors (Lipinski definition) is 4. The quantitative estimate of drug-likeness (QED) is 0.766. The third-order valence-electron chi connectivity index (χ3n) is 3.03. The molecular formula is C13H20N4O. The van der Waals surface area contributed by atoms with Gasteiger partial charge in [-0.1, -0.05) is 13.0 Å². The molecule has 5 heteroatoms. The van der Waals surface area contributed by atoms with Gasteiger partial charge in [0.2, 0.25) is 5.95 Å². The van der Waals surface area contributed by atoms with Gasteiger partial charge < -0.3 is 10.4 Å². The van der Waals surface area contributed by atoms with E-state index >= 15 is 0 Å². The number of nitrogens with zero attached hydrogens (tertiary/aromatic N) is 3. The highest BCUT2D eigenvalue weighted by atomic mass is 16.3. The van der Waals surface area contributed by atoms with E-state index in [1.54, 1.807) is 4.52 Å². The molecule has 0 amide bonds. The van der Waals surface area contributed by atoms with Crippen molar-refractivity contribution in [3.63, 3.8) is 0 Å². The van der Waals surface area contributed by atoms with Crippen LogP contribution in [0.1, 0.15) is 25.3 Å². The fourth-order valence-electron chi connectivity index (χ4n) is 1.86. The van der Waals surface area contributed by atoms with Gasteiger partial charge >= 0.3 is 0 Å². The molecule has 0 aliphatic heterocycles. The maximum Gasteiger partial charge on any atom is 0.243 e. The molecule has 2 heterocycles. The second-order valence-electron chi connectivity index (χ2n) is 4.75. The predicted octanol–water partition coefficient (Wildman–Crippen LogP) is 1.86. The lowest BCUT2D eigenvalue weighted by Crippen LogP contribution is -2.07. The molecule has 98 valence electrons. The minimum absolute atomic E-state index is 0.256. The minimum Gasteiger partial charge on any atom is -0.396 e. The fourth-order valence-corrected chi connectivity index (χ4v) is 1.86. The number of anilines is 1. The van der Waals surface area contributed by atoms with Crippen LogP contribution in [0.3, 0.4) is 0 Å². The van der Waals surface area contributed by atoms with Gasteiger partial charge in [0.1, 0.15) is 0 Å². The molecule has 5 nitrogen and oxygen atoms in total. The van der Waals surface area contributed by atoms with Gasteiger partial charge in [-0.2, -0.15) is 4.98 Å². The summed E-state index contributed by atoms with van der Waals surface area (Å²) in [4.78, 5) is 4.44. The predicted molar refractivity (Wildman–Crippen MR) is 71.7 cm³/mol.